The summed E-state index contributed by atoms with van der Waals surface area (Å²) in [6.45, 7) is 2.30. The van der Waals surface area contributed by atoms with Crippen molar-refractivity contribution < 1.29 is 18.3 Å². The molecule has 4 unspecified atom stereocenters. The molecule has 0 radical (unpaired) electrons. The number of ether oxygens (including phenoxy) is 1. The minimum atomic E-state index is -0.816. The first-order chi connectivity index (χ1) is 15.0. The van der Waals surface area contributed by atoms with Crippen LogP contribution in [0.15, 0.2) is 18.2 Å². The molecule has 0 spiro atoms. The Morgan fingerprint density at radius 3 is 2.26 bits per heavy atom. The average Bonchev–Trinajstić information content (AvgIpc) is 2.79. The van der Waals surface area contributed by atoms with Crippen molar-refractivity contribution in [1.29, 1.82) is 0 Å². The van der Waals surface area contributed by atoms with E-state index in [1.165, 1.54) is 63.9 Å². The molecule has 3 fully saturated rings. The van der Waals surface area contributed by atoms with Gasteiger partial charge in [0.25, 0.3) is 0 Å². The Balaban J connectivity index is 1.23. The second-order valence-electron chi connectivity index (χ2n) is 10.5. The molecule has 3 saturated carbocycles. The van der Waals surface area contributed by atoms with Crippen LogP contribution in [0.2, 0.25) is 0 Å². The second kappa shape index (κ2) is 10.4. The van der Waals surface area contributed by atoms with Crippen molar-refractivity contribution in [3.63, 3.8) is 0 Å². The van der Waals surface area contributed by atoms with Gasteiger partial charge in [0.2, 0.25) is 0 Å². The molecule has 4 heteroatoms. The zero-order valence-corrected chi connectivity index (χ0v) is 19.0. The summed E-state index contributed by atoms with van der Waals surface area (Å²) in [4.78, 5) is 12.5. The highest BCUT2D eigenvalue weighted by Gasteiger charge is 2.39. The molecule has 0 aromatic heterocycles. The molecule has 2 nitrogen and oxygen atoms in total. The fourth-order valence-electron chi connectivity index (χ4n) is 6.78. The lowest BCUT2D eigenvalue weighted by Crippen LogP contribution is -2.35. The van der Waals surface area contributed by atoms with Crippen molar-refractivity contribution in [2.45, 2.75) is 90.4 Å². The Morgan fingerprint density at radius 1 is 0.903 bits per heavy atom. The number of esters is 1. The van der Waals surface area contributed by atoms with Gasteiger partial charge in [0.05, 0.1) is 5.92 Å². The standard InChI is InChI=1S/C27H38F2O2/c1-2-3-4-18-5-6-23-16-22(12-11-21(23)15-18)19-7-9-20(10-8-19)27(30)31-26-14-13-24(28)17-25(26)29/h13-14,17-23H,2-12,15-16H2,1H3. The summed E-state index contributed by atoms with van der Waals surface area (Å²) in [6.07, 6.45) is 16.5. The van der Waals surface area contributed by atoms with E-state index in [-0.39, 0.29) is 17.6 Å². The molecule has 172 valence electrons. The molecule has 1 aromatic carbocycles. The third-order valence-electron chi connectivity index (χ3n) is 8.60. The van der Waals surface area contributed by atoms with Crippen LogP contribution in [0.25, 0.3) is 0 Å². The third-order valence-corrected chi connectivity index (χ3v) is 8.60. The summed E-state index contributed by atoms with van der Waals surface area (Å²) < 4.78 is 32.1. The number of unbranched alkanes of at least 4 members (excludes halogenated alkanes) is 1. The van der Waals surface area contributed by atoms with Gasteiger partial charge < -0.3 is 4.74 Å². The molecule has 3 aliphatic rings. The second-order valence-corrected chi connectivity index (χ2v) is 10.5. The predicted octanol–water partition coefficient (Wildman–Crippen LogP) is 7.70. The first-order valence-corrected chi connectivity index (χ1v) is 12.7. The van der Waals surface area contributed by atoms with E-state index in [1.54, 1.807) is 0 Å². The van der Waals surface area contributed by atoms with Crippen LogP contribution in [-0.2, 0) is 4.79 Å². The van der Waals surface area contributed by atoms with Gasteiger partial charge in [-0.3, -0.25) is 4.79 Å². The maximum atomic E-state index is 13.8. The van der Waals surface area contributed by atoms with Crippen LogP contribution in [0.4, 0.5) is 8.78 Å². The van der Waals surface area contributed by atoms with Crippen molar-refractivity contribution in [2.75, 3.05) is 0 Å². The molecule has 0 amide bonds. The molecule has 0 bridgehead atoms. The van der Waals surface area contributed by atoms with Gasteiger partial charge in [-0.1, -0.05) is 32.6 Å². The van der Waals surface area contributed by atoms with E-state index in [4.69, 9.17) is 4.74 Å². The SMILES string of the molecule is CCCCC1CCC2CC(C3CCC(C(=O)Oc4ccc(F)cc4F)CC3)CCC2C1. The summed E-state index contributed by atoms with van der Waals surface area (Å²) in [5, 5.41) is 0. The summed E-state index contributed by atoms with van der Waals surface area (Å²) >= 11 is 0. The molecule has 1 aromatic rings. The van der Waals surface area contributed by atoms with E-state index in [1.807, 2.05) is 0 Å². The van der Waals surface area contributed by atoms with Gasteiger partial charge in [0.15, 0.2) is 11.6 Å². The smallest absolute Gasteiger partial charge is 0.314 e. The molecule has 0 aliphatic heterocycles. The molecule has 0 saturated heterocycles. The van der Waals surface area contributed by atoms with Crippen LogP contribution in [-0.4, -0.2) is 5.97 Å². The van der Waals surface area contributed by atoms with E-state index in [0.717, 1.165) is 67.4 Å². The van der Waals surface area contributed by atoms with E-state index < -0.39 is 11.6 Å². The maximum Gasteiger partial charge on any atom is 0.314 e. The lowest BCUT2D eigenvalue weighted by molar-refractivity contribution is -0.140. The summed E-state index contributed by atoms with van der Waals surface area (Å²) in [5.41, 5.74) is 0. The van der Waals surface area contributed by atoms with Gasteiger partial charge in [0.1, 0.15) is 5.82 Å². The highest BCUT2D eigenvalue weighted by molar-refractivity contribution is 5.75. The summed E-state index contributed by atoms with van der Waals surface area (Å²) in [6, 6.07) is 3.08. The van der Waals surface area contributed by atoms with Crippen molar-refractivity contribution >= 4 is 5.97 Å². The van der Waals surface area contributed by atoms with Gasteiger partial charge in [-0.2, -0.15) is 0 Å². The molecule has 4 rings (SSSR count). The molecule has 0 N–H and O–H groups in total. The number of hydrogen-bond acceptors (Lipinski definition) is 2. The monoisotopic (exact) mass is 432 g/mol. The van der Waals surface area contributed by atoms with Crippen LogP contribution < -0.4 is 4.74 Å². The Hall–Kier alpha value is -1.45. The number of benzene rings is 1. The van der Waals surface area contributed by atoms with Gasteiger partial charge in [0, 0.05) is 6.07 Å². The number of hydrogen-bond donors (Lipinski definition) is 0. The summed E-state index contributed by atoms with van der Waals surface area (Å²) in [7, 11) is 0. The van der Waals surface area contributed by atoms with Gasteiger partial charge >= 0.3 is 5.97 Å². The lowest BCUT2D eigenvalue weighted by Gasteiger charge is -2.45. The van der Waals surface area contributed by atoms with E-state index in [9.17, 15) is 13.6 Å². The number of carbonyl (C=O) groups excluding carboxylic acids is 1. The molecule has 31 heavy (non-hydrogen) atoms. The van der Waals surface area contributed by atoms with Gasteiger partial charge in [-0.05, 0) is 99.5 Å². The van der Waals surface area contributed by atoms with Crippen LogP contribution >= 0.6 is 0 Å². The molecule has 3 aliphatic carbocycles. The van der Waals surface area contributed by atoms with E-state index in [0.29, 0.717) is 0 Å². The van der Waals surface area contributed by atoms with Gasteiger partial charge in [-0.25, -0.2) is 8.78 Å². The van der Waals surface area contributed by atoms with Crippen molar-refractivity contribution in [3.05, 3.63) is 29.8 Å². The van der Waals surface area contributed by atoms with Crippen LogP contribution in [0.1, 0.15) is 90.4 Å². The Morgan fingerprint density at radius 2 is 1.55 bits per heavy atom. The Bertz CT molecular complexity index is 741. The Kier molecular flexibility index (Phi) is 7.66. The molecular weight excluding hydrogens is 394 g/mol. The van der Waals surface area contributed by atoms with Crippen molar-refractivity contribution in [2.24, 2.45) is 35.5 Å². The van der Waals surface area contributed by atoms with Gasteiger partial charge in [-0.15, -0.1) is 0 Å². The third kappa shape index (κ3) is 5.68. The average molecular weight is 433 g/mol. The first-order valence-electron chi connectivity index (χ1n) is 12.7. The zero-order valence-electron chi connectivity index (χ0n) is 19.0. The predicted molar refractivity (Wildman–Crippen MR) is 119 cm³/mol. The van der Waals surface area contributed by atoms with Crippen molar-refractivity contribution in [1.82, 2.24) is 0 Å². The largest absolute Gasteiger partial charge is 0.423 e. The first kappa shape index (κ1) is 22.7. The Labute approximate surface area is 186 Å². The lowest BCUT2D eigenvalue weighted by atomic mass is 9.60. The molecule has 4 atom stereocenters. The van der Waals surface area contributed by atoms with Crippen LogP contribution in [0.5, 0.6) is 5.75 Å². The fourth-order valence-corrected chi connectivity index (χ4v) is 6.78. The summed E-state index contributed by atoms with van der Waals surface area (Å²) in [5.74, 6) is 2.25. The number of rotatable bonds is 6. The highest BCUT2D eigenvalue weighted by Crippen LogP contribution is 2.49. The topological polar surface area (TPSA) is 26.3 Å². The minimum Gasteiger partial charge on any atom is -0.423 e. The highest BCUT2D eigenvalue weighted by atomic mass is 19.1. The van der Waals surface area contributed by atoms with Crippen LogP contribution in [0, 0.1) is 47.1 Å². The molecule has 0 heterocycles. The minimum absolute atomic E-state index is 0.161. The fraction of sp³-hybridized carbons (Fsp3) is 0.741. The van der Waals surface area contributed by atoms with E-state index >= 15 is 0 Å². The van der Waals surface area contributed by atoms with Crippen LogP contribution in [0.3, 0.4) is 0 Å². The zero-order chi connectivity index (χ0) is 21.8. The number of fused-ring (bicyclic) bond motifs is 1. The van der Waals surface area contributed by atoms with Crippen molar-refractivity contribution in [3.8, 4) is 5.75 Å². The normalized spacial score (nSPS) is 33.5. The maximum absolute atomic E-state index is 13.8. The quantitative estimate of drug-likeness (QED) is 0.340. The number of carbonyl (C=O) groups is 1. The van der Waals surface area contributed by atoms with E-state index in [2.05, 4.69) is 6.92 Å². The molecular formula is C27H38F2O2. The number of halogens is 2.